The third kappa shape index (κ3) is 5.15. The highest BCUT2D eigenvalue weighted by atomic mass is 19.3. The number of amides is 2. The third-order valence-corrected chi connectivity index (χ3v) is 5.06. The van der Waals surface area contributed by atoms with Crippen molar-refractivity contribution < 1.29 is 23.1 Å². The molecule has 2 amide bonds. The van der Waals surface area contributed by atoms with Crippen molar-refractivity contribution >= 4 is 11.8 Å². The molecule has 1 aromatic rings. The number of ether oxygens (including phenoxy) is 1. The summed E-state index contributed by atoms with van der Waals surface area (Å²) in [5.74, 6) is -0.855. The van der Waals surface area contributed by atoms with Gasteiger partial charge in [-0.1, -0.05) is 12.1 Å². The number of para-hydroxylation sites is 1. The molecule has 0 aromatic heterocycles. The molecule has 2 N–H and O–H groups in total. The summed E-state index contributed by atoms with van der Waals surface area (Å²) < 4.78 is 29.6. The third-order valence-electron chi connectivity index (χ3n) is 5.06. The van der Waals surface area contributed by atoms with E-state index in [-0.39, 0.29) is 41.6 Å². The van der Waals surface area contributed by atoms with Crippen LogP contribution in [-0.2, 0) is 4.79 Å². The monoisotopic (exact) mass is 381 g/mol. The Morgan fingerprint density at radius 2 is 2.04 bits per heavy atom. The first-order valence-corrected chi connectivity index (χ1v) is 9.39. The molecule has 2 heterocycles. The number of hydrogen-bond acceptors (Lipinski definition) is 4. The summed E-state index contributed by atoms with van der Waals surface area (Å²) in [6.45, 7) is -0.481. The number of nitrogens with one attached hydrogen (secondary N) is 2. The van der Waals surface area contributed by atoms with E-state index in [1.165, 1.54) is 12.1 Å². The number of carbonyl (C=O) groups is 2. The van der Waals surface area contributed by atoms with Crippen LogP contribution in [0.15, 0.2) is 24.3 Å². The van der Waals surface area contributed by atoms with Gasteiger partial charge in [0.1, 0.15) is 5.75 Å². The van der Waals surface area contributed by atoms with E-state index in [1.54, 1.807) is 17.0 Å². The van der Waals surface area contributed by atoms with Crippen LogP contribution in [0.5, 0.6) is 5.75 Å². The minimum Gasteiger partial charge on any atom is -0.434 e. The highest BCUT2D eigenvalue weighted by molar-refractivity contribution is 5.97. The van der Waals surface area contributed by atoms with E-state index >= 15 is 0 Å². The molecule has 0 bridgehead atoms. The molecule has 2 fully saturated rings. The molecule has 148 valence electrons. The molecule has 2 atom stereocenters. The molecule has 0 aliphatic carbocycles. The molecule has 0 radical (unpaired) electrons. The number of benzene rings is 1. The smallest absolute Gasteiger partial charge is 0.387 e. The van der Waals surface area contributed by atoms with Crippen LogP contribution in [0.4, 0.5) is 8.78 Å². The second kappa shape index (κ2) is 9.12. The van der Waals surface area contributed by atoms with Crippen molar-refractivity contribution in [2.45, 2.75) is 38.3 Å². The van der Waals surface area contributed by atoms with Crippen molar-refractivity contribution in [2.75, 3.05) is 26.2 Å². The number of likely N-dealkylation sites (tertiary alicyclic amines) is 1. The van der Waals surface area contributed by atoms with Crippen molar-refractivity contribution in [2.24, 2.45) is 5.92 Å². The minimum absolute atomic E-state index is 0.0432. The number of alkyl halides is 2. The first-order chi connectivity index (χ1) is 13.0. The van der Waals surface area contributed by atoms with Gasteiger partial charge < -0.3 is 20.3 Å². The molecular weight excluding hydrogens is 356 g/mol. The summed E-state index contributed by atoms with van der Waals surface area (Å²) in [6, 6.07) is 6.09. The molecule has 3 rings (SSSR count). The Morgan fingerprint density at radius 1 is 1.22 bits per heavy atom. The summed E-state index contributed by atoms with van der Waals surface area (Å²) in [5.41, 5.74) is 0.0929. The average Bonchev–Trinajstić information content (AvgIpc) is 2.68. The summed E-state index contributed by atoms with van der Waals surface area (Å²) in [5, 5.41) is 6.32. The Balaban J connectivity index is 1.63. The van der Waals surface area contributed by atoms with Crippen molar-refractivity contribution in [3.63, 3.8) is 0 Å². The van der Waals surface area contributed by atoms with Crippen LogP contribution in [0, 0.1) is 5.92 Å². The summed E-state index contributed by atoms with van der Waals surface area (Å²) in [6.07, 6.45) is 3.39. The normalized spacial score (nSPS) is 23.1. The van der Waals surface area contributed by atoms with Gasteiger partial charge in [-0.3, -0.25) is 9.59 Å². The van der Waals surface area contributed by atoms with E-state index in [4.69, 9.17) is 0 Å². The minimum atomic E-state index is -3.00. The summed E-state index contributed by atoms with van der Waals surface area (Å²) in [4.78, 5) is 27.0. The molecule has 2 aliphatic heterocycles. The maximum Gasteiger partial charge on any atom is 0.387 e. The molecule has 1 aromatic carbocycles. The van der Waals surface area contributed by atoms with E-state index in [1.807, 2.05) is 0 Å². The van der Waals surface area contributed by atoms with E-state index in [2.05, 4.69) is 15.4 Å². The van der Waals surface area contributed by atoms with Gasteiger partial charge in [0.2, 0.25) is 5.91 Å². The summed E-state index contributed by atoms with van der Waals surface area (Å²) in [7, 11) is 0. The lowest BCUT2D eigenvalue weighted by molar-refractivity contribution is -0.127. The Bertz CT molecular complexity index is 665. The molecule has 1 unspecified atom stereocenters. The zero-order chi connectivity index (χ0) is 19.2. The molecule has 27 heavy (non-hydrogen) atoms. The van der Waals surface area contributed by atoms with Gasteiger partial charge in [-0.15, -0.1) is 0 Å². The fourth-order valence-electron chi connectivity index (χ4n) is 3.68. The van der Waals surface area contributed by atoms with Crippen LogP contribution < -0.4 is 15.4 Å². The first kappa shape index (κ1) is 19.5. The maximum atomic E-state index is 12.8. The summed E-state index contributed by atoms with van der Waals surface area (Å²) >= 11 is 0. The molecule has 2 aliphatic rings. The van der Waals surface area contributed by atoms with Crippen molar-refractivity contribution in [3.05, 3.63) is 29.8 Å². The van der Waals surface area contributed by atoms with Gasteiger partial charge in [-0.25, -0.2) is 0 Å². The quantitative estimate of drug-likeness (QED) is 0.819. The lowest BCUT2D eigenvalue weighted by atomic mass is 9.95. The highest BCUT2D eigenvalue weighted by Crippen LogP contribution is 2.25. The van der Waals surface area contributed by atoms with E-state index in [0.29, 0.717) is 19.4 Å². The van der Waals surface area contributed by atoms with Crippen LogP contribution in [0.3, 0.4) is 0 Å². The second-order valence-corrected chi connectivity index (χ2v) is 7.02. The van der Waals surface area contributed by atoms with Gasteiger partial charge >= 0.3 is 6.61 Å². The molecular formula is C19H25F2N3O3. The zero-order valence-corrected chi connectivity index (χ0v) is 15.1. The van der Waals surface area contributed by atoms with Crippen molar-refractivity contribution in [1.29, 1.82) is 0 Å². The lowest BCUT2D eigenvalue weighted by Gasteiger charge is -2.34. The predicted molar refractivity (Wildman–Crippen MR) is 95.7 cm³/mol. The Morgan fingerprint density at radius 3 is 2.78 bits per heavy atom. The van der Waals surface area contributed by atoms with E-state index in [0.717, 1.165) is 25.9 Å². The fraction of sp³-hybridized carbons (Fsp3) is 0.579. The van der Waals surface area contributed by atoms with Gasteiger partial charge in [0.25, 0.3) is 5.91 Å². The average molecular weight is 381 g/mol. The van der Waals surface area contributed by atoms with Crippen molar-refractivity contribution in [3.8, 4) is 5.75 Å². The van der Waals surface area contributed by atoms with Crippen LogP contribution in [0.1, 0.15) is 36.0 Å². The number of rotatable bonds is 5. The van der Waals surface area contributed by atoms with Gasteiger partial charge in [-0.2, -0.15) is 8.78 Å². The maximum absolute atomic E-state index is 12.8. The SMILES string of the molecule is O=C(N[C@H]1CCCNC1)C1CCCN(C(=O)c2ccccc2OC(F)F)C1. The predicted octanol–water partition coefficient (Wildman–Crippen LogP) is 2.01. The van der Waals surface area contributed by atoms with Gasteiger partial charge in [0.15, 0.2) is 0 Å². The van der Waals surface area contributed by atoms with Crippen LogP contribution in [-0.4, -0.2) is 55.5 Å². The van der Waals surface area contributed by atoms with Crippen molar-refractivity contribution in [1.82, 2.24) is 15.5 Å². The number of piperidine rings is 2. The van der Waals surface area contributed by atoms with Gasteiger partial charge in [-0.05, 0) is 44.4 Å². The van der Waals surface area contributed by atoms with E-state index in [9.17, 15) is 18.4 Å². The number of carbonyl (C=O) groups excluding carboxylic acids is 2. The Labute approximate surface area is 157 Å². The standard InChI is InChI=1S/C19H25F2N3O3/c20-19(21)27-16-8-2-1-7-15(16)18(26)24-10-4-5-13(12-24)17(25)23-14-6-3-9-22-11-14/h1-2,7-8,13-14,19,22H,3-6,9-12H2,(H,23,25)/t13?,14-/m0/s1. The molecule has 0 saturated carbocycles. The van der Waals surface area contributed by atoms with Crippen LogP contribution >= 0.6 is 0 Å². The fourth-order valence-corrected chi connectivity index (χ4v) is 3.68. The molecule has 6 nitrogen and oxygen atoms in total. The first-order valence-electron chi connectivity index (χ1n) is 9.39. The lowest BCUT2D eigenvalue weighted by Crippen LogP contribution is -2.51. The zero-order valence-electron chi connectivity index (χ0n) is 15.1. The highest BCUT2D eigenvalue weighted by Gasteiger charge is 2.31. The largest absolute Gasteiger partial charge is 0.434 e. The van der Waals surface area contributed by atoms with Crippen LogP contribution in [0.2, 0.25) is 0 Å². The molecule has 0 spiro atoms. The Kier molecular flexibility index (Phi) is 6.60. The number of hydrogen-bond donors (Lipinski definition) is 2. The molecule has 8 heteroatoms. The van der Waals surface area contributed by atoms with Gasteiger partial charge in [0, 0.05) is 25.7 Å². The topological polar surface area (TPSA) is 70.7 Å². The van der Waals surface area contributed by atoms with E-state index < -0.39 is 6.61 Å². The Hall–Kier alpha value is -2.22. The second-order valence-electron chi connectivity index (χ2n) is 7.02. The van der Waals surface area contributed by atoms with Gasteiger partial charge in [0.05, 0.1) is 11.5 Å². The molecule has 2 saturated heterocycles. The number of halogens is 2. The van der Waals surface area contributed by atoms with Crippen LogP contribution in [0.25, 0.3) is 0 Å². The number of nitrogens with zero attached hydrogens (tertiary/aromatic N) is 1.